The second kappa shape index (κ2) is 4.60. The highest BCUT2D eigenvalue weighted by Crippen LogP contribution is 2.27. The Morgan fingerprint density at radius 3 is 1.62 bits per heavy atom. The highest BCUT2D eigenvalue weighted by Gasteiger charge is 2.19. The van der Waals surface area contributed by atoms with E-state index in [0.717, 1.165) is 33.2 Å². The molecule has 2 N–H and O–H groups in total. The fourth-order valence-electron chi connectivity index (χ4n) is 2.92. The number of anilines is 1. The van der Waals surface area contributed by atoms with Crippen LogP contribution in [0.1, 0.15) is 0 Å². The molecule has 0 spiro atoms. The highest BCUT2D eigenvalue weighted by atomic mass is 15.0. The Morgan fingerprint density at radius 2 is 1.05 bits per heavy atom. The fourth-order valence-corrected chi connectivity index (χ4v) is 2.92. The molecule has 21 heavy (non-hydrogen) atoms. The van der Waals surface area contributed by atoms with E-state index in [1.54, 1.807) is 0 Å². The van der Waals surface area contributed by atoms with Gasteiger partial charge in [-0.05, 0) is 12.1 Å². The Kier molecular flexibility index (Phi) is 2.61. The van der Waals surface area contributed by atoms with Gasteiger partial charge in [-0.2, -0.15) is 4.57 Å². The minimum absolute atomic E-state index is 0.841. The van der Waals surface area contributed by atoms with E-state index in [0.29, 0.717) is 0 Å². The van der Waals surface area contributed by atoms with Crippen LogP contribution < -0.4 is 10.3 Å². The molecule has 0 amide bonds. The molecule has 1 aromatic heterocycles. The Morgan fingerprint density at radius 1 is 0.571 bits per heavy atom. The Bertz CT molecular complexity index is 886. The Labute approximate surface area is 123 Å². The van der Waals surface area contributed by atoms with Gasteiger partial charge in [0.1, 0.15) is 0 Å². The molecule has 2 heteroatoms. The van der Waals surface area contributed by atoms with E-state index in [1.807, 2.05) is 18.2 Å². The lowest BCUT2D eigenvalue weighted by Crippen LogP contribution is -2.33. The molecule has 0 atom stereocenters. The van der Waals surface area contributed by atoms with Crippen molar-refractivity contribution in [1.29, 1.82) is 0 Å². The molecule has 0 aliphatic heterocycles. The molecule has 4 rings (SSSR count). The van der Waals surface area contributed by atoms with E-state index in [9.17, 15) is 0 Å². The molecule has 0 bridgehead atoms. The van der Waals surface area contributed by atoms with Crippen molar-refractivity contribution in [3.05, 3.63) is 78.9 Å². The van der Waals surface area contributed by atoms with Crippen molar-refractivity contribution in [2.75, 3.05) is 5.73 Å². The highest BCUT2D eigenvalue weighted by molar-refractivity contribution is 6.03. The number of benzene rings is 3. The number of fused-ring (bicyclic) bond motifs is 2. The monoisotopic (exact) mass is 271 g/mol. The van der Waals surface area contributed by atoms with Crippen LogP contribution in [0.25, 0.3) is 27.5 Å². The van der Waals surface area contributed by atoms with E-state index in [1.165, 1.54) is 0 Å². The largest absolute Gasteiger partial charge is 0.397 e. The van der Waals surface area contributed by atoms with Crippen molar-refractivity contribution in [3.63, 3.8) is 0 Å². The van der Waals surface area contributed by atoms with Gasteiger partial charge in [0.2, 0.25) is 16.7 Å². The van der Waals surface area contributed by atoms with Crippen molar-refractivity contribution in [2.24, 2.45) is 0 Å². The summed E-state index contributed by atoms with van der Waals surface area (Å²) in [6, 6.07) is 26.9. The quantitative estimate of drug-likeness (QED) is 0.413. The minimum Gasteiger partial charge on any atom is -0.397 e. The lowest BCUT2D eigenvalue weighted by molar-refractivity contribution is -0.537. The van der Waals surface area contributed by atoms with E-state index in [2.05, 4.69) is 65.2 Å². The zero-order valence-electron chi connectivity index (χ0n) is 11.5. The van der Waals surface area contributed by atoms with Crippen molar-refractivity contribution in [3.8, 4) is 5.69 Å². The molecule has 4 aromatic rings. The predicted molar refractivity (Wildman–Crippen MR) is 87.4 cm³/mol. The molecular formula is C19H15N2+. The number of nitrogens with zero attached hydrogens (tertiary/aromatic N) is 1. The number of nitrogens with two attached hydrogens (primary N) is 1. The van der Waals surface area contributed by atoms with Gasteiger partial charge in [0.25, 0.3) is 0 Å². The summed E-state index contributed by atoms with van der Waals surface area (Å²) in [7, 11) is 0. The van der Waals surface area contributed by atoms with Gasteiger partial charge in [0.05, 0.1) is 16.5 Å². The second-order valence-electron chi connectivity index (χ2n) is 5.12. The van der Waals surface area contributed by atoms with Crippen LogP contribution in [0.15, 0.2) is 78.9 Å². The first-order chi connectivity index (χ1) is 10.4. The van der Waals surface area contributed by atoms with Crippen LogP contribution in [0.5, 0.6) is 0 Å². The average Bonchev–Trinajstić information content (AvgIpc) is 2.56. The van der Waals surface area contributed by atoms with Gasteiger partial charge in [-0.25, -0.2) is 0 Å². The number of nitrogen functional groups attached to an aromatic ring is 1. The van der Waals surface area contributed by atoms with Crippen molar-refractivity contribution >= 4 is 27.5 Å². The summed E-state index contributed by atoms with van der Waals surface area (Å²) in [5, 5.41) is 2.17. The van der Waals surface area contributed by atoms with Crippen LogP contribution in [0, 0.1) is 0 Å². The van der Waals surface area contributed by atoms with Gasteiger partial charge in [0, 0.05) is 24.3 Å². The standard InChI is InChI=1S/C19H14N2/c20-19-15-10-4-6-12-17(15)21(14-8-2-1-3-9-14)18-13-7-5-11-16(18)19/h1-13,20H/p+1. The van der Waals surface area contributed by atoms with Crippen molar-refractivity contribution < 1.29 is 4.57 Å². The molecule has 0 saturated heterocycles. The smallest absolute Gasteiger partial charge is 0.221 e. The number of pyridine rings is 1. The third kappa shape index (κ3) is 1.77. The summed E-state index contributed by atoms with van der Waals surface area (Å²) in [5.74, 6) is 0. The molecule has 1 heterocycles. The van der Waals surface area contributed by atoms with Gasteiger partial charge >= 0.3 is 0 Å². The normalized spacial score (nSPS) is 11.0. The van der Waals surface area contributed by atoms with E-state index >= 15 is 0 Å². The van der Waals surface area contributed by atoms with Crippen molar-refractivity contribution in [1.82, 2.24) is 0 Å². The third-order valence-electron chi connectivity index (χ3n) is 3.88. The number of aromatic nitrogens is 1. The second-order valence-corrected chi connectivity index (χ2v) is 5.12. The van der Waals surface area contributed by atoms with Gasteiger partial charge in [0.15, 0.2) is 0 Å². The molecule has 2 nitrogen and oxygen atoms in total. The van der Waals surface area contributed by atoms with Gasteiger partial charge in [-0.3, -0.25) is 0 Å². The lowest BCUT2D eigenvalue weighted by Gasteiger charge is -2.08. The molecule has 0 fully saturated rings. The van der Waals surface area contributed by atoms with E-state index < -0.39 is 0 Å². The average molecular weight is 271 g/mol. The fraction of sp³-hybridized carbons (Fsp3) is 0. The summed E-state index contributed by atoms with van der Waals surface area (Å²) < 4.78 is 2.26. The molecule has 0 aliphatic carbocycles. The van der Waals surface area contributed by atoms with Gasteiger partial charge in [-0.15, -0.1) is 0 Å². The molecule has 0 saturated carbocycles. The summed E-state index contributed by atoms with van der Waals surface area (Å²) in [6.45, 7) is 0. The number of para-hydroxylation sites is 3. The number of rotatable bonds is 1. The summed E-state index contributed by atoms with van der Waals surface area (Å²) in [6.07, 6.45) is 0. The van der Waals surface area contributed by atoms with Gasteiger partial charge in [-0.1, -0.05) is 42.5 Å². The Hall–Kier alpha value is -2.87. The third-order valence-corrected chi connectivity index (χ3v) is 3.88. The van der Waals surface area contributed by atoms with Crippen LogP contribution >= 0.6 is 0 Å². The van der Waals surface area contributed by atoms with Gasteiger partial charge < -0.3 is 5.73 Å². The van der Waals surface area contributed by atoms with E-state index in [4.69, 9.17) is 5.73 Å². The summed E-state index contributed by atoms with van der Waals surface area (Å²) in [4.78, 5) is 0. The molecule has 3 aromatic carbocycles. The molecular weight excluding hydrogens is 256 g/mol. The maximum Gasteiger partial charge on any atom is 0.221 e. The van der Waals surface area contributed by atoms with Crippen molar-refractivity contribution in [2.45, 2.75) is 0 Å². The lowest BCUT2D eigenvalue weighted by atomic mass is 10.1. The first kappa shape index (κ1) is 11.9. The molecule has 0 unspecified atom stereocenters. The van der Waals surface area contributed by atoms with Crippen LogP contribution in [0.4, 0.5) is 5.69 Å². The SMILES string of the molecule is Nc1c2ccccc2[n+](-c2ccccc2)c2ccccc12. The zero-order valence-corrected chi connectivity index (χ0v) is 11.5. The molecule has 100 valence electrons. The maximum absolute atomic E-state index is 6.39. The van der Waals surface area contributed by atoms with Crippen LogP contribution in [0.2, 0.25) is 0 Å². The first-order valence-electron chi connectivity index (χ1n) is 7.02. The van der Waals surface area contributed by atoms with E-state index in [-0.39, 0.29) is 0 Å². The first-order valence-corrected chi connectivity index (χ1v) is 7.02. The van der Waals surface area contributed by atoms with Crippen LogP contribution in [-0.4, -0.2) is 0 Å². The predicted octanol–water partition coefficient (Wildman–Crippen LogP) is 3.85. The number of hydrogen-bond acceptors (Lipinski definition) is 1. The molecule has 0 aliphatic rings. The minimum atomic E-state index is 0.841. The van der Waals surface area contributed by atoms with Crippen LogP contribution in [0.3, 0.4) is 0 Å². The summed E-state index contributed by atoms with van der Waals surface area (Å²) in [5.41, 5.74) is 10.6. The summed E-state index contributed by atoms with van der Waals surface area (Å²) >= 11 is 0. The molecule has 0 radical (unpaired) electrons. The maximum atomic E-state index is 6.39. The number of hydrogen-bond donors (Lipinski definition) is 1. The Balaban J connectivity index is 2.28. The van der Waals surface area contributed by atoms with Crippen LogP contribution in [-0.2, 0) is 0 Å². The topological polar surface area (TPSA) is 29.9 Å². The zero-order chi connectivity index (χ0) is 14.2.